The van der Waals surface area contributed by atoms with E-state index in [1.165, 1.54) is 6.92 Å². The predicted molar refractivity (Wildman–Crippen MR) is 62.2 cm³/mol. The van der Waals surface area contributed by atoms with Crippen LogP contribution in [0.2, 0.25) is 0 Å². The summed E-state index contributed by atoms with van der Waals surface area (Å²) in [4.78, 5) is 21.7. The van der Waals surface area contributed by atoms with Crippen LogP contribution >= 0.6 is 0 Å². The molecule has 0 aromatic rings. The smallest absolute Gasteiger partial charge is 0.327 e. The molecule has 0 saturated heterocycles. The molecule has 0 spiro atoms. The zero-order valence-electron chi connectivity index (χ0n) is 10.5. The first-order valence-corrected chi connectivity index (χ1v) is 5.59. The van der Waals surface area contributed by atoms with Gasteiger partial charge in [0.2, 0.25) is 5.91 Å². The van der Waals surface area contributed by atoms with Gasteiger partial charge in [0, 0.05) is 19.0 Å². The van der Waals surface area contributed by atoms with Crippen LogP contribution in [0.5, 0.6) is 0 Å². The van der Waals surface area contributed by atoms with Gasteiger partial charge in [-0.3, -0.25) is 4.79 Å². The fourth-order valence-corrected chi connectivity index (χ4v) is 1.29. The van der Waals surface area contributed by atoms with Gasteiger partial charge in [-0.2, -0.15) is 0 Å². The molecule has 5 heteroatoms. The summed E-state index contributed by atoms with van der Waals surface area (Å²) >= 11 is 0. The lowest BCUT2D eigenvalue weighted by molar-refractivity contribution is -0.141. The molecule has 1 atom stereocenters. The molecule has 0 rings (SSSR count). The van der Waals surface area contributed by atoms with Crippen LogP contribution in [0, 0.1) is 0 Å². The Morgan fingerprint density at radius 3 is 2.12 bits per heavy atom. The quantitative estimate of drug-likeness (QED) is 0.603. The van der Waals surface area contributed by atoms with Gasteiger partial charge in [-0.15, -0.1) is 0 Å². The second-order valence-electron chi connectivity index (χ2n) is 4.24. The molecule has 0 aliphatic carbocycles. The van der Waals surface area contributed by atoms with Crippen molar-refractivity contribution in [2.45, 2.75) is 52.1 Å². The lowest BCUT2D eigenvalue weighted by Crippen LogP contribution is -2.52. The number of rotatable bonds is 7. The zero-order valence-corrected chi connectivity index (χ0v) is 10.5. The first-order chi connectivity index (χ1) is 7.34. The van der Waals surface area contributed by atoms with Crippen molar-refractivity contribution in [3.63, 3.8) is 0 Å². The molecule has 0 heterocycles. The summed E-state index contributed by atoms with van der Waals surface area (Å²) in [5.74, 6) is -1.35. The fraction of sp³-hybridized carbons (Fsp3) is 0.818. The van der Waals surface area contributed by atoms with Crippen LogP contribution < -0.4 is 10.6 Å². The van der Waals surface area contributed by atoms with Gasteiger partial charge in [0.1, 0.15) is 6.04 Å². The van der Waals surface area contributed by atoms with Gasteiger partial charge in [0.15, 0.2) is 0 Å². The van der Waals surface area contributed by atoms with Crippen molar-refractivity contribution in [2.24, 2.45) is 0 Å². The van der Waals surface area contributed by atoms with E-state index in [1.807, 2.05) is 20.8 Å². The lowest BCUT2D eigenvalue weighted by atomic mass is 9.95. The molecule has 0 radical (unpaired) electrons. The Kier molecular flexibility index (Phi) is 6.03. The third-order valence-electron chi connectivity index (χ3n) is 2.97. The average Bonchev–Trinajstić information content (AvgIpc) is 2.23. The summed E-state index contributed by atoms with van der Waals surface area (Å²) in [6, 6.07) is -0.866. The molecule has 1 unspecified atom stereocenters. The Balaban J connectivity index is 4.31. The number of carbonyl (C=O) groups is 2. The second kappa shape index (κ2) is 6.48. The number of hydrogen-bond donors (Lipinski definition) is 3. The van der Waals surface area contributed by atoms with Crippen LogP contribution in [0.4, 0.5) is 0 Å². The summed E-state index contributed by atoms with van der Waals surface area (Å²) in [6.07, 6.45) is 1.83. The molecule has 0 aliphatic heterocycles. The zero-order chi connectivity index (χ0) is 12.8. The largest absolute Gasteiger partial charge is 0.480 e. The van der Waals surface area contributed by atoms with Gasteiger partial charge >= 0.3 is 5.97 Å². The Morgan fingerprint density at radius 2 is 1.81 bits per heavy atom. The SMILES string of the molecule is CCC(C)(CC)NCC(NC(C)=O)C(=O)O. The molecule has 0 bridgehead atoms. The lowest BCUT2D eigenvalue weighted by Gasteiger charge is -2.30. The number of aliphatic carboxylic acids is 1. The molecule has 16 heavy (non-hydrogen) atoms. The molecule has 0 aromatic heterocycles. The van der Waals surface area contributed by atoms with Crippen molar-refractivity contribution >= 4 is 11.9 Å². The minimum Gasteiger partial charge on any atom is -0.480 e. The molecule has 94 valence electrons. The monoisotopic (exact) mass is 230 g/mol. The first-order valence-electron chi connectivity index (χ1n) is 5.59. The topological polar surface area (TPSA) is 78.4 Å². The predicted octanol–water partition coefficient (Wildman–Crippen LogP) is 0.744. The maximum atomic E-state index is 10.9. The average molecular weight is 230 g/mol. The summed E-state index contributed by atoms with van der Waals surface area (Å²) in [5, 5.41) is 14.5. The maximum Gasteiger partial charge on any atom is 0.327 e. The normalized spacial score (nSPS) is 13.2. The fourth-order valence-electron chi connectivity index (χ4n) is 1.29. The van der Waals surface area contributed by atoms with E-state index >= 15 is 0 Å². The van der Waals surface area contributed by atoms with Crippen LogP contribution in [-0.2, 0) is 9.59 Å². The first kappa shape index (κ1) is 14.9. The minimum absolute atomic E-state index is 0.0772. The Labute approximate surface area is 96.6 Å². The van der Waals surface area contributed by atoms with E-state index in [0.29, 0.717) is 0 Å². The van der Waals surface area contributed by atoms with E-state index in [1.54, 1.807) is 0 Å². The van der Waals surface area contributed by atoms with Gasteiger partial charge < -0.3 is 15.7 Å². The van der Waals surface area contributed by atoms with E-state index in [4.69, 9.17) is 5.11 Å². The Bertz CT molecular complexity index is 250. The van der Waals surface area contributed by atoms with Gasteiger partial charge in [0.05, 0.1) is 0 Å². The molecular weight excluding hydrogens is 208 g/mol. The van der Waals surface area contributed by atoms with Crippen molar-refractivity contribution in [1.29, 1.82) is 0 Å². The molecule has 5 nitrogen and oxygen atoms in total. The Hall–Kier alpha value is -1.10. The standard InChI is InChI=1S/C11H22N2O3/c1-5-11(4,6-2)12-7-9(10(15)16)13-8(3)14/h9,12H,5-7H2,1-4H3,(H,13,14)(H,15,16). The van der Waals surface area contributed by atoms with Crippen molar-refractivity contribution in [3.05, 3.63) is 0 Å². The van der Waals surface area contributed by atoms with Gasteiger partial charge in [0.25, 0.3) is 0 Å². The molecule has 0 aromatic carbocycles. The molecule has 0 saturated carbocycles. The van der Waals surface area contributed by atoms with Crippen molar-refractivity contribution in [2.75, 3.05) is 6.54 Å². The third-order valence-corrected chi connectivity index (χ3v) is 2.97. The molecule has 0 aliphatic rings. The molecule has 0 fully saturated rings. The molecular formula is C11H22N2O3. The maximum absolute atomic E-state index is 10.9. The van der Waals surface area contributed by atoms with Crippen molar-refractivity contribution in [3.8, 4) is 0 Å². The van der Waals surface area contributed by atoms with Crippen LogP contribution in [-0.4, -0.2) is 35.1 Å². The highest BCUT2D eigenvalue weighted by molar-refractivity contribution is 5.82. The summed E-state index contributed by atoms with van der Waals surface area (Å²) in [6.45, 7) is 7.69. The summed E-state index contributed by atoms with van der Waals surface area (Å²) < 4.78 is 0. The summed E-state index contributed by atoms with van der Waals surface area (Å²) in [7, 11) is 0. The van der Waals surface area contributed by atoms with Crippen LogP contribution in [0.3, 0.4) is 0 Å². The number of carbonyl (C=O) groups excluding carboxylic acids is 1. The van der Waals surface area contributed by atoms with E-state index in [2.05, 4.69) is 10.6 Å². The molecule has 1 amide bonds. The van der Waals surface area contributed by atoms with Gasteiger partial charge in [-0.25, -0.2) is 4.79 Å². The third kappa shape index (κ3) is 5.11. The highest BCUT2D eigenvalue weighted by Gasteiger charge is 2.24. The van der Waals surface area contributed by atoms with E-state index < -0.39 is 12.0 Å². The highest BCUT2D eigenvalue weighted by Crippen LogP contribution is 2.13. The van der Waals surface area contributed by atoms with Crippen LogP contribution in [0.1, 0.15) is 40.5 Å². The Morgan fingerprint density at radius 1 is 1.31 bits per heavy atom. The number of nitrogens with one attached hydrogen (secondary N) is 2. The van der Waals surface area contributed by atoms with Crippen molar-refractivity contribution in [1.82, 2.24) is 10.6 Å². The van der Waals surface area contributed by atoms with Crippen LogP contribution in [0.15, 0.2) is 0 Å². The van der Waals surface area contributed by atoms with Gasteiger partial charge in [-0.05, 0) is 19.8 Å². The number of amides is 1. The van der Waals surface area contributed by atoms with Crippen LogP contribution in [0.25, 0.3) is 0 Å². The number of hydrogen-bond acceptors (Lipinski definition) is 3. The van der Waals surface area contributed by atoms with Crippen molar-refractivity contribution < 1.29 is 14.7 Å². The summed E-state index contributed by atoms with van der Waals surface area (Å²) in [5.41, 5.74) is -0.0772. The highest BCUT2D eigenvalue weighted by atomic mass is 16.4. The number of carboxylic acid groups (broad SMARTS) is 1. The van der Waals surface area contributed by atoms with E-state index in [9.17, 15) is 9.59 Å². The van der Waals surface area contributed by atoms with Gasteiger partial charge in [-0.1, -0.05) is 13.8 Å². The van der Waals surface area contributed by atoms with E-state index in [0.717, 1.165) is 12.8 Å². The van der Waals surface area contributed by atoms with E-state index in [-0.39, 0.29) is 18.0 Å². The minimum atomic E-state index is -1.02. The molecule has 3 N–H and O–H groups in total. The number of carboxylic acids is 1. The second-order valence-corrected chi connectivity index (χ2v) is 4.24.